The number of aromatic nitrogens is 1. The second-order valence-electron chi connectivity index (χ2n) is 3.34. The van der Waals surface area contributed by atoms with Crippen molar-refractivity contribution < 1.29 is 9.72 Å². The van der Waals surface area contributed by atoms with Gasteiger partial charge in [-0.3, -0.25) is 20.2 Å². The Kier molecular flexibility index (Phi) is 4.13. The van der Waals surface area contributed by atoms with E-state index in [-0.39, 0.29) is 16.3 Å². The molecule has 1 aromatic heterocycles. The highest BCUT2D eigenvalue weighted by molar-refractivity contribution is 9.11. The number of anilines is 1. The van der Waals surface area contributed by atoms with Crippen LogP contribution in [0.3, 0.4) is 0 Å². The number of rotatable bonds is 3. The van der Waals surface area contributed by atoms with Crippen molar-refractivity contribution in [1.82, 2.24) is 4.98 Å². The zero-order valence-corrected chi connectivity index (χ0v) is 12.3. The molecule has 0 aliphatic rings. The number of hydrogen-bond acceptors (Lipinski definition) is 5. The highest BCUT2D eigenvalue weighted by Crippen LogP contribution is 2.26. The third-order valence-electron chi connectivity index (χ3n) is 2.10. The van der Waals surface area contributed by atoms with E-state index in [4.69, 9.17) is 11.6 Å². The van der Waals surface area contributed by atoms with E-state index < -0.39 is 10.8 Å². The van der Waals surface area contributed by atoms with Gasteiger partial charge >= 0.3 is 0 Å². The summed E-state index contributed by atoms with van der Waals surface area (Å²) in [6.07, 6.45) is 1.54. The van der Waals surface area contributed by atoms with Gasteiger partial charge in [0.05, 0.1) is 25.5 Å². The molecule has 1 amide bonds. The van der Waals surface area contributed by atoms with Crippen LogP contribution in [-0.2, 0) is 0 Å². The maximum Gasteiger partial charge on any atom is 0.270 e. The van der Waals surface area contributed by atoms with Gasteiger partial charge in [-0.25, -0.2) is 4.98 Å². The van der Waals surface area contributed by atoms with Gasteiger partial charge in [0.1, 0.15) is 0 Å². The predicted molar refractivity (Wildman–Crippen MR) is 75.9 cm³/mol. The van der Waals surface area contributed by atoms with Crippen LogP contribution in [0.4, 0.5) is 10.8 Å². The molecule has 19 heavy (non-hydrogen) atoms. The smallest absolute Gasteiger partial charge is 0.270 e. The summed E-state index contributed by atoms with van der Waals surface area (Å²) in [5.41, 5.74) is -0.169. The summed E-state index contributed by atoms with van der Waals surface area (Å²) in [5, 5.41) is 13.7. The maximum absolute atomic E-state index is 12.0. The van der Waals surface area contributed by atoms with Crippen molar-refractivity contribution in [3.05, 3.63) is 48.9 Å². The van der Waals surface area contributed by atoms with Gasteiger partial charge in [0.15, 0.2) is 5.13 Å². The lowest BCUT2D eigenvalue weighted by Crippen LogP contribution is -2.12. The number of benzene rings is 1. The summed E-state index contributed by atoms with van der Waals surface area (Å²) in [6, 6.07) is 3.67. The Morgan fingerprint density at radius 1 is 1.53 bits per heavy atom. The van der Waals surface area contributed by atoms with Gasteiger partial charge in [0.2, 0.25) is 0 Å². The van der Waals surface area contributed by atoms with Gasteiger partial charge in [-0.1, -0.05) is 22.9 Å². The molecule has 6 nitrogen and oxygen atoms in total. The second kappa shape index (κ2) is 5.64. The summed E-state index contributed by atoms with van der Waals surface area (Å²) in [4.78, 5) is 26.0. The van der Waals surface area contributed by atoms with Crippen LogP contribution >= 0.6 is 38.9 Å². The number of carbonyl (C=O) groups excluding carboxylic acids is 1. The Morgan fingerprint density at radius 3 is 2.84 bits per heavy atom. The Morgan fingerprint density at radius 2 is 2.26 bits per heavy atom. The minimum atomic E-state index is -0.590. The van der Waals surface area contributed by atoms with Gasteiger partial charge in [-0.15, -0.1) is 0 Å². The number of carbonyl (C=O) groups is 1. The molecule has 0 bridgehead atoms. The van der Waals surface area contributed by atoms with Crippen molar-refractivity contribution in [3.63, 3.8) is 0 Å². The fraction of sp³-hybridized carbons (Fsp3) is 0. The fourth-order valence-electron chi connectivity index (χ4n) is 1.28. The maximum atomic E-state index is 12.0. The molecule has 2 rings (SSSR count). The molecule has 1 heterocycles. The van der Waals surface area contributed by atoms with Gasteiger partial charge in [0, 0.05) is 12.1 Å². The Hall–Kier alpha value is -1.51. The molecule has 0 atom stereocenters. The fourth-order valence-corrected chi connectivity index (χ4v) is 2.58. The van der Waals surface area contributed by atoms with E-state index in [9.17, 15) is 14.9 Å². The summed E-state index contributed by atoms with van der Waals surface area (Å²) >= 11 is 10.3. The van der Waals surface area contributed by atoms with Crippen molar-refractivity contribution in [2.75, 3.05) is 5.32 Å². The topological polar surface area (TPSA) is 85.1 Å². The normalized spacial score (nSPS) is 10.2. The van der Waals surface area contributed by atoms with E-state index in [2.05, 4.69) is 26.2 Å². The van der Waals surface area contributed by atoms with E-state index in [0.717, 1.165) is 9.85 Å². The first-order valence-electron chi connectivity index (χ1n) is 4.84. The quantitative estimate of drug-likeness (QED) is 0.666. The molecule has 9 heteroatoms. The number of non-ortho nitro benzene ring substituents is 1. The number of nitrogens with one attached hydrogen (secondary N) is 1. The van der Waals surface area contributed by atoms with Gasteiger partial charge < -0.3 is 0 Å². The molecule has 1 aromatic carbocycles. The van der Waals surface area contributed by atoms with Crippen LogP contribution in [0.2, 0.25) is 5.02 Å². The van der Waals surface area contributed by atoms with Crippen molar-refractivity contribution in [2.24, 2.45) is 0 Å². The van der Waals surface area contributed by atoms with Crippen molar-refractivity contribution >= 4 is 55.6 Å². The molecule has 0 aliphatic carbocycles. The van der Waals surface area contributed by atoms with Crippen LogP contribution in [0.1, 0.15) is 10.4 Å². The summed E-state index contributed by atoms with van der Waals surface area (Å²) in [5.74, 6) is -0.546. The second-order valence-corrected chi connectivity index (χ2v) is 6.16. The molecule has 0 aliphatic heterocycles. The van der Waals surface area contributed by atoms with E-state index in [1.54, 1.807) is 0 Å². The van der Waals surface area contributed by atoms with E-state index in [1.165, 1.54) is 29.7 Å². The molecule has 2 aromatic rings. The molecule has 0 radical (unpaired) electrons. The van der Waals surface area contributed by atoms with Crippen molar-refractivity contribution in [2.45, 2.75) is 0 Å². The predicted octanol–water partition coefficient (Wildman–Crippen LogP) is 3.72. The molecule has 0 unspecified atom stereocenters. The molecule has 0 fully saturated rings. The molecular formula is C10H5BrClN3O3S. The number of thiazole rings is 1. The average Bonchev–Trinajstić information content (AvgIpc) is 2.74. The molecular weight excluding hydrogens is 358 g/mol. The molecule has 1 N–H and O–H groups in total. The van der Waals surface area contributed by atoms with Crippen LogP contribution in [0.15, 0.2) is 28.2 Å². The Bertz CT molecular complexity index is 661. The first-order valence-corrected chi connectivity index (χ1v) is 6.83. The zero-order chi connectivity index (χ0) is 14.0. The molecule has 98 valence electrons. The van der Waals surface area contributed by atoms with E-state index in [0.29, 0.717) is 5.13 Å². The minimum absolute atomic E-state index is 0.0298. The van der Waals surface area contributed by atoms with Crippen LogP contribution in [-0.4, -0.2) is 15.8 Å². The Balaban J connectivity index is 2.27. The van der Waals surface area contributed by atoms with Crippen LogP contribution < -0.4 is 5.32 Å². The largest absolute Gasteiger partial charge is 0.298 e. The highest BCUT2D eigenvalue weighted by atomic mass is 79.9. The van der Waals surface area contributed by atoms with E-state index >= 15 is 0 Å². The monoisotopic (exact) mass is 361 g/mol. The van der Waals surface area contributed by atoms with E-state index in [1.807, 2.05) is 0 Å². The number of hydrogen-bond donors (Lipinski definition) is 1. The average molecular weight is 363 g/mol. The zero-order valence-electron chi connectivity index (χ0n) is 9.09. The number of nitrogens with zero attached hydrogens (tertiary/aromatic N) is 2. The SMILES string of the molecule is O=C(Nc1ncc(Br)s1)c1cc([N+](=O)[O-])ccc1Cl. The van der Waals surface area contributed by atoms with Gasteiger partial charge in [-0.05, 0) is 22.0 Å². The lowest BCUT2D eigenvalue weighted by molar-refractivity contribution is -0.384. The lowest BCUT2D eigenvalue weighted by Gasteiger charge is -2.03. The first-order chi connectivity index (χ1) is 8.97. The first kappa shape index (κ1) is 13.9. The van der Waals surface area contributed by atoms with Crippen LogP contribution in [0.25, 0.3) is 0 Å². The van der Waals surface area contributed by atoms with Gasteiger partial charge in [-0.2, -0.15) is 0 Å². The minimum Gasteiger partial charge on any atom is -0.298 e. The number of amides is 1. The lowest BCUT2D eigenvalue weighted by atomic mass is 10.2. The van der Waals surface area contributed by atoms with Gasteiger partial charge in [0.25, 0.3) is 11.6 Å². The van der Waals surface area contributed by atoms with Crippen LogP contribution in [0.5, 0.6) is 0 Å². The van der Waals surface area contributed by atoms with Crippen LogP contribution in [0, 0.1) is 10.1 Å². The molecule has 0 saturated carbocycles. The number of nitro groups is 1. The number of nitro benzene ring substituents is 1. The Labute approximate surface area is 124 Å². The summed E-state index contributed by atoms with van der Waals surface area (Å²) in [6.45, 7) is 0. The molecule has 0 spiro atoms. The molecule has 0 saturated heterocycles. The summed E-state index contributed by atoms with van der Waals surface area (Å²) in [7, 11) is 0. The third kappa shape index (κ3) is 3.28. The standard InChI is InChI=1S/C10H5BrClN3O3S/c11-8-4-13-10(19-8)14-9(16)6-3-5(15(17)18)1-2-7(6)12/h1-4H,(H,13,14,16). The third-order valence-corrected chi connectivity index (χ3v) is 3.82. The van der Waals surface area contributed by atoms with Crippen molar-refractivity contribution in [1.29, 1.82) is 0 Å². The van der Waals surface area contributed by atoms with Crippen molar-refractivity contribution in [3.8, 4) is 0 Å². The number of halogens is 2. The summed E-state index contributed by atoms with van der Waals surface area (Å²) < 4.78 is 0.757. The highest BCUT2D eigenvalue weighted by Gasteiger charge is 2.16.